The van der Waals surface area contributed by atoms with Crippen LogP contribution in [0.25, 0.3) is 21.3 Å². The maximum Gasteiger partial charge on any atom is 0.322 e. The van der Waals surface area contributed by atoms with Crippen molar-refractivity contribution in [2.24, 2.45) is 0 Å². The van der Waals surface area contributed by atoms with E-state index in [4.69, 9.17) is 9.47 Å². The molecule has 0 aliphatic carbocycles. The summed E-state index contributed by atoms with van der Waals surface area (Å²) >= 11 is 2.57. The van der Waals surface area contributed by atoms with Gasteiger partial charge in [-0.3, -0.25) is 9.59 Å². The third-order valence-corrected chi connectivity index (χ3v) is 6.12. The highest BCUT2D eigenvalue weighted by atomic mass is 32.2. The standard InChI is InChI=1S/C20H22N2O4S2/c1-6-26-18(24)20(3,4)28-19-21-16(23)15-13(10-27-17(15)22-19)12-9-11(2)7-8-14(12)25-5/h7-10H,6H2,1-5H3,(H,21,22,23). The second-order valence-electron chi connectivity index (χ2n) is 6.74. The molecule has 1 aromatic carbocycles. The Morgan fingerprint density at radius 3 is 2.75 bits per heavy atom. The molecule has 0 saturated carbocycles. The molecule has 1 N–H and O–H groups in total. The molecule has 28 heavy (non-hydrogen) atoms. The van der Waals surface area contributed by atoms with Crippen molar-refractivity contribution in [3.05, 3.63) is 39.5 Å². The topological polar surface area (TPSA) is 81.3 Å². The summed E-state index contributed by atoms with van der Waals surface area (Å²) in [5, 5.41) is 2.82. The fourth-order valence-corrected chi connectivity index (χ4v) is 4.70. The van der Waals surface area contributed by atoms with Crippen molar-refractivity contribution in [1.82, 2.24) is 9.97 Å². The highest BCUT2D eigenvalue weighted by molar-refractivity contribution is 8.01. The number of thioether (sulfide) groups is 1. The van der Waals surface area contributed by atoms with Crippen LogP contribution in [-0.2, 0) is 9.53 Å². The number of nitrogens with zero attached hydrogens (tertiary/aromatic N) is 1. The summed E-state index contributed by atoms with van der Waals surface area (Å²) in [6.45, 7) is 7.55. The number of carbonyl (C=O) groups excluding carboxylic acids is 1. The first kappa shape index (κ1) is 20.4. The van der Waals surface area contributed by atoms with Gasteiger partial charge in [0.2, 0.25) is 0 Å². The summed E-state index contributed by atoms with van der Waals surface area (Å²) < 4.78 is 9.71. The van der Waals surface area contributed by atoms with E-state index in [0.717, 1.165) is 16.7 Å². The molecule has 3 aromatic rings. The Morgan fingerprint density at radius 1 is 1.32 bits per heavy atom. The molecule has 0 amide bonds. The number of nitrogens with one attached hydrogen (secondary N) is 1. The van der Waals surface area contributed by atoms with E-state index in [9.17, 15) is 9.59 Å². The van der Waals surface area contributed by atoms with Gasteiger partial charge < -0.3 is 14.5 Å². The van der Waals surface area contributed by atoms with E-state index < -0.39 is 4.75 Å². The van der Waals surface area contributed by atoms with Gasteiger partial charge >= 0.3 is 5.97 Å². The number of H-pyrrole nitrogens is 1. The molecule has 0 aliphatic rings. The summed E-state index contributed by atoms with van der Waals surface area (Å²) in [5.74, 6) is 0.353. The van der Waals surface area contributed by atoms with E-state index in [1.165, 1.54) is 23.1 Å². The number of aromatic amines is 1. The number of fused-ring (bicyclic) bond motifs is 1. The van der Waals surface area contributed by atoms with Crippen molar-refractivity contribution < 1.29 is 14.3 Å². The summed E-state index contributed by atoms with van der Waals surface area (Å²) in [6, 6.07) is 5.85. The fraction of sp³-hybridized carbons (Fsp3) is 0.350. The van der Waals surface area contributed by atoms with Gasteiger partial charge in [0.25, 0.3) is 5.56 Å². The molecule has 3 rings (SSSR count). The minimum absolute atomic E-state index is 0.244. The largest absolute Gasteiger partial charge is 0.496 e. The highest BCUT2D eigenvalue weighted by Crippen LogP contribution is 2.38. The number of thiophene rings is 1. The Hall–Kier alpha value is -2.32. The highest BCUT2D eigenvalue weighted by Gasteiger charge is 2.32. The molecule has 0 radical (unpaired) electrons. The van der Waals surface area contributed by atoms with Crippen LogP contribution in [0.5, 0.6) is 5.75 Å². The quantitative estimate of drug-likeness (QED) is 0.363. The van der Waals surface area contributed by atoms with Crippen molar-refractivity contribution in [1.29, 1.82) is 0 Å². The predicted molar refractivity (Wildman–Crippen MR) is 114 cm³/mol. The second kappa shape index (κ2) is 7.97. The van der Waals surface area contributed by atoms with Crippen molar-refractivity contribution in [2.75, 3.05) is 13.7 Å². The first-order valence-electron chi connectivity index (χ1n) is 8.79. The lowest BCUT2D eigenvalue weighted by Gasteiger charge is -2.20. The SMILES string of the molecule is CCOC(=O)C(C)(C)Sc1nc2scc(-c3cc(C)ccc3OC)c2c(=O)[nH]1. The third kappa shape index (κ3) is 3.93. The van der Waals surface area contributed by atoms with Gasteiger partial charge in [-0.15, -0.1) is 11.3 Å². The van der Waals surface area contributed by atoms with Crippen LogP contribution in [0.1, 0.15) is 26.3 Å². The fourth-order valence-electron chi connectivity index (χ4n) is 2.80. The number of rotatable bonds is 6. The zero-order valence-corrected chi connectivity index (χ0v) is 18.0. The lowest BCUT2D eigenvalue weighted by molar-refractivity contribution is -0.145. The molecule has 0 unspecified atom stereocenters. The molecule has 2 aromatic heterocycles. The maximum atomic E-state index is 12.9. The summed E-state index contributed by atoms with van der Waals surface area (Å²) in [4.78, 5) is 33.0. The summed E-state index contributed by atoms with van der Waals surface area (Å²) in [6.07, 6.45) is 0. The number of aromatic nitrogens is 2. The Morgan fingerprint density at radius 2 is 2.07 bits per heavy atom. The number of hydrogen-bond acceptors (Lipinski definition) is 7. The van der Waals surface area contributed by atoms with Crippen LogP contribution >= 0.6 is 23.1 Å². The van der Waals surface area contributed by atoms with Gasteiger partial charge in [0, 0.05) is 16.5 Å². The van der Waals surface area contributed by atoms with Gasteiger partial charge in [0.05, 0.1) is 19.1 Å². The Balaban J connectivity index is 2.05. The first-order valence-corrected chi connectivity index (χ1v) is 10.5. The third-order valence-electron chi connectivity index (χ3n) is 4.19. The number of esters is 1. The van der Waals surface area contributed by atoms with Crippen LogP contribution in [0.15, 0.2) is 33.5 Å². The molecule has 2 heterocycles. The van der Waals surface area contributed by atoms with Crippen LogP contribution in [0.3, 0.4) is 0 Å². The predicted octanol–water partition coefficient (Wildman–Crippen LogP) is 4.40. The first-order chi connectivity index (χ1) is 13.3. The van der Waals surface area contributed by atoms with Crippen LogP contribution < -0.4 is 10.3 Å². The molecular formula is C20H22N2O4S2. The molecular weight excluding hydrogens is 396 g/mol. The van der Waals surface area contributed by atoms with Gasteiger partial charge in [-0.05, 0) is 39.8 Å². The molecule has 0 atom stereocenters. The number of ether oxygens (including phenoxy) is 2. The molecule has 8 heteroatoms. The number of carbonyl (C=O) groups is 1. The average Bonchev–Trinajstić information content (AvgIpc) is 3.05. The average molecular weight is 419 g/mol. The van der Waals surface area contributed by atoms with Gasteiger partial charge in [0.1, 0.15) is 15.3 Å². The Kier molecular flexibility index (Phi) is 5.81. The number of aryl methyl sites for hydroxylation is 1. The van der Waals surface area contributed by atoms with Crippen LogP contribution in [0, 0.1) is 6.92 Å². The Bertz CT molecular complexity index is 1090. The van der Waals surface area contributed by atoms with E-state index in [-0.39, 0.29) is 11.5 Å². The number of methoxy groups -OCH3 is 1. The van der Waals surface area contributed by atoms with Crippen LogP contribution in [0.4, 0.5) is 0 Å². The minimum atomic E-state index is -0.862. The molecule has 0 saturated heterocycles. The van der Waals surface area contributed by atoms with E-state index in [1.807, 2.05) is 30.5 Å². The Labute approximate surface area is 171 Å². The van der Waals surface area contributed by atoms with Gasteiger partial charge in [-0.2, -0.15) is 0 Å². The molecule has 0 bridgehead atoms. The minimum Gasteiger partial charge on any atom is -0.496 e. The second-order valence-corrected chi connectivity index (χ2v) is 9.21. The molecule has 148 valence electrons. The molecule has 0 spiro atoms. The summed E-state index contributed by atoms with van der Waals surface area (Å²) in [7, 11) is 1.61. The smallest absolute Gasteiger partial charge is 0.322 e. The molecule has 0 aliphatic heterocycles. The monoisotopic (exact) mass is 418 g/mol. The van der Waals surface area contributed by atoms with Crippen LogP contribution in [0.2, 0.25) is 0 Å². The van der Waals surface area contributed by atoms with Gasteiger partial charge in [-0.25, -0.2) is 4.98 Å². The van der Waals surface area contributed by atoms with Crippen molar-refractivity contribution in [3.63, 3.8) is 0 Å². The number of benzene rings is 1. The van der Waals surface area contributed by atoms with Crippen molar-refractivity contribution >= 4 is 39.3 Å². The van der Waals surface area contributed by atoms with Crippen LogP contribution in [-0.4, -0.2) is 34.4 Å². The molecule has 6 nitrogen and oxygen atoms in total. The maximum absolute atomic E-state index is 12.9. The van der Waals surface area contributed by atoms with Crippen molar-refractivity contribution in [2.45, 2.75) is 37.6 Å². The normalized spacial score (nSPS) is 11.6. The lowest BCUT2D eigenvalue weighted by atomic mass is 10.0. The van der Waals surface area contributed by atoms with Crippen molar-refractivity contribution in [3.8, 4) is 16.9 Å². The lowest BCUT2D eigenvalue weighted by Crippen LogP contribution is -2.30. The van der Waals surface area contributed by atoms with E-state index in [2.05, 4.69) is 9.97 Å². The van der Waals surface area contributed by atoms with Gasteiger partial charge in [-0.1, -0.05) is 23.4 Å². The van der Waals surface area contributed by atoms with Gasteiger partial charge in [0.15, 0.2) is 5.16 Å². The van der Waals surface area contributed by atoms with E-state index in [0.29, 0.717) is 27.7 Å². The number of hydrogen-bond donors (Lipinski definition) is 1. The zero-order valence-electron chi connectivity index (χ0n) is 16.4. The summed E-state index contributed by atoms with van der Waals surface area (Å²) in [5.41, 5.74) is 2.47. The zero-order chi connectivity index (χ0) is 20.5. The molecule has 0 fully saturated rings. The van der Waals surface area contributed by atoms with E-state index in [1.54, 1.807) is 27.9 Å². The van der Waals surface area contributed by atoms with E-state index >= 15 is 0 Å².